The van der Waals surface area contributed by atoms with Gasteiger partial charge in [0.2, 0.25) is 0 Å². The van der Waals surface area contributed by atoms with Crippen LogP contribution >= 0.6 is 11.6 Å². The average molecular weight is 481 g/mol. The first-order valence-corrected chi connectivity index (χ1v) is 10.4. The van der Waals surface area contributed by atoms with E-state index in [2.05, 4.69) is 21.2 Å². The molecule has 0 atom stereocenters. The molecule has 0 saturated carbocycles. The molecule has 3 amide bonds. The number of methoxy groups -OCH3 is 1. The van der Waals surface area contributed by atoms with Crippen LogP contribution in [0.3, 0.4) is 0 Å². The maximum absolute atomic E-state index is 12.0. The zero-order valence-electron chi connectivity index (χ0n) is 18.1. The molecule has 3 aromatic rings. The van der Waals surface area contributed by atoms with Gasteiger partial charge in [-0.2, -0.15) is 5.10 Å². The van der Waals surface area contributed by atoms with Crippen molar-refractivity contribution < 1.29 is 23.9 Å². The molecule has 3 rings (SSSR count). The van der Waals surface area contributed by atoms with Crippen LogP contribution in [-0.4, -0.2) is 37.7 Å². The van der Waals surface area contributed by atoms with Gasteiger partial charge in [0, 0.05) is 16.4 Å². The Hall–Kier alpha value is -4.37. The number of ether oxygens (including phenoxy) is 2. The number of amides is 3. The highest BCUT2D eigenvalue weighted by Gasteiger charge is 2.12. The Morgan fingerprint density at radius 1 is 0.882 bits per heavy atom. The lowest BCUT2D eigenvalue weighted by Gasteiger charge is -2.08. The van der Waals surface area contributed by atoms with Gasteiger partial charge in [0.25, 0.3) is 5.91 Å². The van der Waals surface area contributed by atoms with Crippen LogP contribution in [0.4, 0.5) is 11.4 Å². The molecule has 0 aliphatic rings. The van der Waals surface area contributed by atoms with E-state index in [0.717, 1.165) is 0 Å². The molecule has 0 aliphatic carbocycles. The van der Waals surface area contributed by atoms with E-state index in [0.29, 0.717) is 33.5 Å². The highest BCUT2D eigenvalue weighted by molar-refractivity contribution is 6.39. The Bertz CT molecular complexity index is 1180. The minimum absolute atomic E-state index is 0.169. The summed E-state index contributed by atoms with van der Waals surface area (Å²) in [6.07, 6.45) is 1.37. The Labute approximate surface area is 200 Å². The lowest BCUT2D eigenvalue weighted by atomic mass is 10.2. The Balaban J connectivity index is 1.42. The Morgan fingerprint density at radius 2 is 1.59 bits per heavy atom. The first-order valence-electron chi connectivity index (χ1n) is 9.99. The van der Waals surface area contributed by atoms with E-state index in [1.54, 1.807) is 73.8 Å². The third kappa shape index (κ3) is 7.64. The number of hydrogen-bond acceptors (Lipinski definition) is 6. The highest BCUT2D eigenvalue weighted by Crippen LogP contribution is 2.16. The number of anilines is 2. The number of nitrogens with zero attached hydrogens (tertiary/aromatic N) is 1. The normalized spacial score (nSPS) is 10.4. The van der Waals surface area contributed by atoms with Crippen molar-refractivity contribution in [3.05, 3.63) is 83.4 Å². The molecule has 0 radical (unpaired) electrons. The summed E-state index contributed by atoms with van der Waals surface area (Å²) in [5.74, 6) is -0.949. The number of carbonyl (C=O) groups excluding carboxylic acids is 3. The van der Waals surface area contributed by atoms with E-state index in [4.69, 9.17) is 21.1 Å². The van der Waals surface area contributed by atoms with E-state index in [-0.39, 0.29) is 12.5 Å². The molecule has 0 spiro atoms. The van der Waals surface area contributed by atoms with Crippen LogP contribution < -0.4 is 25.5 Å². The highest BCUT2D eigenvalue weighted by atomic mass is 35.5. The van der Waals surface area contributed by atoms with Gasteiger partial charge in [-0.1, -0.05) is 17.7 Å². The fourth-order valence-electron chi connectivity index (χ4n) is 2.64. The molecule has 0 aromatic heterocycles. The zero-order valence-corrected chi connectivity index (χ0v) is 18.8. The number of benzene rings is 3. The van der Waals surface area contributed by atoms with E-state index in [9.17, 15) is 14.4 Å². The van der Waals surface area contributed by atoms with Gasteiger partial charge in [-0.3, -0.25) is 14.4 Å². The van der Waals surface area contributed by atoms with Crippen molar-refractivity contribution in [2.45, 2.75) is 0 Å². The molecule has 3 aromatic carbocycles. The smallest absolute Gasteiger partial charge is 0.329 e. The fraction of sp³-hybridized carbons (Fsp3) is 0.0833. The Kier molecular flexibility index (Phi) is 8.59. The van der Waals surface area contributed by atoms with E-state index in [1.165, 1.54) is 12.3 Å². The van der Waals surface area contributed by atoms with Crippen LogP contribution in [0.5, 0.6) is 11.5 Å². The quantitative estimate of drug-likeness (QED) is 0.259. The minimum atomic E-state index is -0.931. The van der Waals surface area contributed by atoms with Crippen molar-refractivity contribution in [3.63, 3.8) is 0 Å². The van der Waals surface area contributed by atoms with Crippen molar-refractivity contribution in [3.8, 4) is 11.5 Å². The number of nitrogens with one attached hydrogen (secondary N) is 3. The molecule has 0 aliphatic heterocycles. The van der Waals surface area contributed by atoms with Gasteiger partial charge in [-0.15, -0.1) is 0 Å². The van der Waals surface area contributed by atoms with Crippen LogP contribution in [0, 0.1) is 0 Å². The summed E-state index contributed by atoms with van der Waals surface area (Å²) in [7, 11) is 1.57. The van der Waals surface area contributed by atoms with Gasteiger partial charge in [0.15, 0.2) is 6.61 Å². The van der Waals surface area contributed by atoms with Gasteiger partial charge in [-0.25, -0.2) is 5.43 Å². The topological polar surface area (TPSA) is 118 Å². The maximum atomic E-state index is 12.0. The van der Waals surface area contributed by atoms with Crippen molar-refractivity contribution in [1.82, 2.24) is 5.43 Å². The van der Waals surface area contributed by atoms with Gasteiger partial charge in [0.1, 0.15) is 11.5 Å². The van der Waals surface area contributed by atoms with Crippen molar-refractivity contribution >= 4 is 46.9 Å². The fourth-order valence-corrected chi connectivity index (χ4v) is 2.83. The maximum Gasteiger partial charge on any atom is 0.329 e. The van der Waals surface area contributed by atoms with Crippen molar-refractivity contribution in [2.24, 2.45) is 5.10 Å². The van der Waals surface area contributed by atoms with Crippen molar-refractivity contribution in [1.29, 1.82) is 0 Å². The lowest BCUT2D eigenvalue weighted by molar-refractivity contribution is -0.136. The lowest BCUT2D eigenvalue weighted by Crippen LogP contribution is -2.32. The second-order valence-electron chi connectivity index (χ2n) is 6.80. The first kappa shape index (κ1) is 24.3. The van der Waals surface area contributed by atoms with Crippen LogP contribution in [0.2, 0.25) is 5.02 Å². The summed E-state index contributed by atoms with van der Waals surface area (Å²) in [5.41, 5.74) is 3.81. The van der Waals surface area contributed by atoms with Gasteiger partial charge < -0.3 is 20.1 Å². The molecule has 9 nitrogen and oxygen atoms in total. The van der Waals surface area contributed by atoms with Crippen LogP contribution in [-0.2, 0) is 14.4 Å². The number of hydrazone groups is 1. The van der Waals surface area contributed by atoms with Crippen LogP contribution in [0.15, 0.2) is 77.9 Å². The third-order valence-electron chi connectivity index (χ3n) is 4.29. The summed E-state index contributed by atoms with van der Waals surface area (Å²) < 4.78 is 10.5. The molecule has 0 unspecified atom stereocenters. The summed E-state index contributed by atoms with van der Waals surface area (Å²) in [6.45, 7) is -0.169. The van der Waals surface area contributed by atoms with E-state index in [1.807, 2.05) is 0 Å². The monoisotopic (exact) mass is 480 g/mol. The summed E-state index contributed by atoms with van der Waals surface area (Å²) in [6, 6.07) is 20.0. The second kappa shape index (κ2) is 12.0. The minimum Gasteiger partial charge on any atom is -0.497 e. The summed E-state index contributed by atoms with van der Waals surface area (Å²) >= 11 is 5.84. The number of hydrogen-bond donors (Lipinski definition) is 3. The predicted octanol–water partition coefficient (Wildman–Crippen LogP) is 3.45. The largest absolute Gasteiger partial charge is 0.497 e. The van der Waals surface area contributed by atoms with Gasteiger partial charge >= 0.3 is 11.8 Å². The van der Waals surface area contributed by atoms with Crippen LogP contribution in [0.1, 0.15) is 5.56 Å². The summed E-state index contributed by atoms with van der Waals surface area (Å²) in [4.78, 5) is 35.8. The second-order valence-corrected chi connectivity index (χ2v) is 7.23. The first-order chi connectivity index (χ1) is 16.4. The van der Waals surface area contributed by atoms with Gasteiger partial charge in [-0.05, 0) is 72.3 Å². The number of carbonyl (C=O) groups is 3. The molecular weight excluding hydrogens is 460 g/mol. The standard InChI is InChI=1S/C24H21ClN4O5/c1-33-20-11-7-18(8-12-20)27-22(30)15-34-21-9-5-16(6-10-21)14-26-29-24(32)23(31)28-19-4-2-3-17(25)13-19/h2-14H,15H2,1H3,(H,27,30)(H,28,31)(H,29,32)/b26-14-. The number of halogens is 1. The molecule has 0 fully saturated rings. The SMILES string of the molecule is COc1ccc(NC(=O)COc2ccc(/C=N\NC(=O)C(=O)Nc3cccc(Cl)c3)cc2)cc1. The Morgan fingerprint density at radius 3 is 2.26 bits per heavy atom. The third-order valence-corrected chi connectivity index (χ3v) is 4.53. The molecular formula is C24H21ClN4O5. The zero-order chi connectivity index (χ0) is 24.3. The number of rotatable bonds is 8. The predicted molar refractivity (Wildman–Crippen MR) is 129 cm³/mol. The van der Waals surface area contributed by atoms with E-state index >= 15 is 0 Å². The summed E-state index contributed by atoms with van der Waals surface area (Å²) in [5, 5.41) is 9.33. The van der Waals surface area contributed by atoms with Crippen LogP contribution in [0.25, 0.3) is 0 Å². The molecule has 174 valence electrons. The molecule has 3 N–H and O–H groups in total. The van der Waals surface area contributed by atoms with Crippen molar-refractivity contribution in [2.75, 3.05) is 24.4 Å². The molecule has 34 heavy (non-hydrogen) atoms. The molecule has 0 saturated heterocycles. The molecule has 10 heteroatoms. The molecule has 0 bridgehead atoms. The molecule has 0 heterocycles. The van der Waals surface area contributed by atoms with Gasteiger partial charge in [0.05, 0.1) is 13.3 Å². The van der Waals surface area contributed by atoms with E-state index < -0.39 is 11.8 Å². The average Bonchev–Trinajstić information content (AvgIpc) is 2.84.